The van der Waals surface area contributed by atoms with Gasteiger partial charge in [-0.05, 0) is 30.7 Å². The summed E-state index contributed by atoms with van der Waals surface area (Å²) in [6.07, 6.45) is 3.98. The van der Waals surface area contributed by atoms with Gasteiger partial charge in [-0.3, -0.25) is 0 Å². The predicted molar refractivity (Wildman–Crippen MR) is 74.8 cm³/mol. The zero-order valence-electron chi connectivity index (χ0n) is 11.2. The van der Waals surface area contributed by atoms with Crippen LogP contribution < -0.4 is 10.1 Å². The fourth-order valence-corrected chi connectivity index (χ4v) is 2.38. The highest BCUT2D eigenvalue weighted by atomic mass is 16.5. The Morgan fingerprint density at radius 1 is 1.32 bits per heavy atom. The first-order chi connectivity index (χ1) is 9.38. The van der Waals surface area contributed by atoms with Crippen LogP contribution in [-0.2, 0) is 13.0 Å². The lowest BCUT2D eigenvalue weighted by molar-refractivity contribution is 0.317. The monoisotopic (exact) mass is 257 g/mol. The van der Waals surface area contributed by atoms with E-state index >= 15 is 0 Å². The van der Waals surface area contributed by atoms with Crippen molar-refractivity contribution in [1.82, 2.24) is 14.9 Å². The van der Waals surface area contributed by atoms with Gasteiger partial charge < -0.3 is 14.6 Å². The molecule has 1 aliphatic heterocycles. The Bertz CT molecular complexity index is 545. The molecule has 19 heavy (non-hydrogen) atoms. The van der Waals surface area contributed by atoms with E-state index in [0.29, 0.717) is 0 Å². The number of nitrogens with zero attached hydrogens (tertiary/aromatic N) is 2. The Morgan fingerprint density at radius 3 is 2.95 bits per heavy atom. The average Bonchev–Trinajstić information content (AvgIpc) is 2.90. The van der Waals surface area contributed by atoms with Crippen molar-refractivity contribution < 1.29 is 4.74 Å². The van der Waals surface area contributed by atoms with Crippen molar-refractivity contribution in [3.63, 3.8) is 0 Å². The van der Waals surface area contributed by atoms with Crippen LogP contribution in [0.15, 0.2) is 30.6 Å². The molecule has 1 aromatic heterocycles. The number of rotatable bonds is 4. The molecule has 1 aliphatic rings. The van der Waals surface area contributed by atoms with Crippen molar-refractivity contribution in [3.8, 4) is 11.4 Å². The third-order valence-electron chi connectivity index (χ3n) is 3.37. The molecule has 0 spiro atoms. The molecule has 0 fully saturated rings. The van der Waals surface area contributed by atoms with E-state index in [4.69, 9.17) is 4.74 Å². The SMILES string of the molecule is CCCOc1ccc(-n2cnc3c2CCNC3)cc1. The molecular weight excluding hydrogens is 238 g/mol. The summed E-state index contributed by atoms with van der Waals surface area (Å²) in [5.41, 5.74) is 3.64. The lowest BCUT2D eigenvalue weighted by Crippen LogP contribution is -2.24. The number of aromatic nitrogens is 2. The minimum Gasteiger partial charge on any atom is -0.494 e. The number of hydrogen-bond donors (Lipinski definition) is 1. The Balaban J connectivity index is 1.84. The lowest BCUT2D eigenvalue weighted by Gasteiger charge is -2.15. The normalized spacial score (nSPS) is 14.2. The second-order valence-electron chi connectivity index (χ2n) is 4.78. The van der Waals surface area contributed by atoms with E-state index in [0.717, 1.165) is 49.7 Å². The highest BCUT2D eigenvalue weighted by Crippen LogP contribution is 2.20. The molecule has 1 aromatic carbocycles. The van der Waals surface area contributed by atoms with E-state index in [9.17, 15) is 0 Å². The van der Waals surface area contributed by atoms with Crippen molar-refractivity contribution in [2.24, 2.45) is 0 Å². The summed E-state index contributed by atoms with van der Waals surface area (Å²) in [4.78, 5) is 4.47. The Morgan fingerprint density at radius 2 is 2.16 bits per heavy atom. The number of hydrogen-bond acceptors (Lipinski definition) is 3. The molecule has 0 amide bonds. The van der Waals surface area contributed by atoms with E-state index in [2.05, 4.69) is 33.9 Å². The Labute approximate surface area is 113 Å². The molecule has 0 atom stereocenters. The highest BCUT2D eigenvalue weighted by Gasteiger charge is 2.15. The van der Waals surface area contributed by atoms with Gasteiger partial charge in [-0.1, -0.05) is 6.92 Å². The molecule has 100 valence electrons. The summed E-state index contributed by atoms with van der Waals surface area (Å²) in [7, 11) is 0. The molecule has 0 saturated heterocycles. The van der Waals surface area contributed by atoms with Crippen LogP contribution in [0.25, 0.3) is 5.69 Å². The number of nitrogens with one attached hydrogen (secondary N) is 1. The summed E-state index contributed by atoms with van der Waals surface area (Å²) < 4.78 is 7.79. The van der Waals surface area contributed by atoms with Crippen LogP contribution in [-0.4, -0.2) is 22.7 Å². The first-order valence-corrected chi connectivity index (χ1v) is 6.87. The zero-order chi connectivity index (χ0) is 13.1. The van der Waals surface area contributed by atoms with E-state index < -0.39 is 0 Å². The van der Waals surface area contributed by atoms with Crippen LogP contribution in [0.2, 0.25) is 0 Å². The van der Waals surface area contributed by atoms with Gasteiger partial charge in [0.15, 0.2) is 0 Å². The molecule has 0 bridgehead atoms. The van der Waals surface area contributed by atoms with Crippen molar-refractivity contribution in [2.75, 3.05) is 13.2 Å². The summed E-state index contributed by atoms with van der Waals surface area (Å²) in [6.45, 7) is 4.78. The van der Waals surface area contributed by atoms with Gasteiger partial charge in [0.25, 0.3) is 0 Å². The molecule has 1 N–H and O–H groups in total. The maximum absolute atomic E-state index is 5.61. The summed E-state index contributed by atoms with van der Waals surface area (Å²) in [5, 5.41) is 3.34. The van der Waals surface area contributed by atoms with Gasteiger partial charge in [0.05, 0.1) is 18.6 Å². The number of fused-ring (bicyclic) bond motifs is 1. The van der Waals surface area contributed by atoms with E-state index in [1.165, 1.54) is 5.69 Å². The van der Waals surface area contributed by atoms with Crippen LogP contribution in [0.5, 0.6) is 5.75 Å². The minimum absolute atomic E-state index is 0.769. The second-order valence-corrected chi connectivity index (χ2v) is 4.78. The van der Waals surface area contributed by atoms with Crippen LogP contribution in [0.1, 0.15) is 24.7 Å². The summed E-state index contributed by atoms with van der Waals surface area (Å²) >= 11 is 0. The summed E-state index contributed by atoms with van der Waals surface area (Å²) in [6, 6.07) is 8.24. The minimum atomic E-state index is 0.769. The lowest BCUT2D eigenvalue weighted by atomic mass is 10.1. The predicted octanol–water partition coefficient (Wildman–Crippen LogP) is 2.31. The van der Waals surface area contributed by atoms with Crippen molar-refractivity contribution in [3.05, 3.63) is 42.0 Å². The maximum atomic E-state index is 5.61. The van der Waals surface area contributed by atoms with Crippen molar-refractivity contribution >= 4 is 0 Å². The number of benzene rings is 1. The van der Waals surface area contributed by atoms with Crippen LogP contribution in [0.4, 0.5) is 0 Å². The first kappa shape index (κ1) is 12.2. The molecule has 4 nitrogen and oxygen atoms in total. The molecule has 2 aromatic rings. The fourth-order valence-electron chi connectivity index (χ4n) is 2.38. The van der Waals surface area contributed by atoms with Crippen LogP contribution >= 0.6 is 0 Å². The zero-order valence-corrected chi connectivity index (χ0v) is 11.2. The average molecular weight is 257 g/mol. The Kier molecular flexibility index (Phi) is 3.51. The number of imidazole rings is 1. The van der Waals surface area contributed by atoms with Crippen LogP contribution in [0.3, 0.4) is 0 Å². The van der Waals surface area contributed by atoms with E-state index in [-0.39, 0.29) is 0 Å². The third kappa shape index (κ3) is 2.49. The number of ether oxygens (including phenoxy) is 1. The smallest absolute Gasteiger partial charge is 0.119 e. The fraction of sp³-hybridized carbons (Fsp3) is 0.400. The molecule has 3 rings (SSSR count). The second kappa shape index (κ2) is 5.45. The highest BCUT2D eigenvalue weighted by molar-refractivity contribution is 5.40. The van der Waals surface area contributed by atoms with Gasteiger partial charge >= 0.3 is 0 Å². The van der Waals surface area contributed by atoms with Crippen molar-refractivity contribution in [1.29, 1.82) is 0 Å². The first-order valence-electron chi connectivity index (χ1n) is 6.87. The molecule has 4 heteroatoms. The molecule has 2 heterocycles. The quantitative estimate of drug-likeness (QED) is 0.913. The van der Waals surface area contributed by atoms with E-state index in [1.54, 1.807) is 0 Å². The van der Waals surface area contributed by atoms with Gasteiger partial charge in [0, 0.05) is 30.9 Å². The largest absolute Gasteiger partial charge is 0.494 e. The summed E-state index contributed by atoms with van der Waals surface area (Å²) in [5.74, 6) is 0.932. The van der Waals surface area contributed by atoms with E-state index in [1.807, 2.05) is 18.5 Å². The molecule has 0 saturated carbocycles. The molecule has 0 aliphatic carbocycles. The van der Waals surface area contributed by atoms with Gasteiger partial charge in [0.2, 0.25) is 0 Å². The third-order valence-corrected chi connectivity index (χ3v) is 3.37. The van der Waals surface area contributed by atoms with Gasteiger partial charge in [-0.15, -0.1) is 0 Å². The molecule has 0 unspecified atom stereocenters. The Hall–Kier alpha value is -1.81. The van der Waals surface area contributed by atoms with Gasteiger partial charge in [-0.2, -0.15) is 0 Å². The van der Waals surface area contributed by atoms with Gasteiger partial charge in [0.1, 0.15) is 5.75 Å². The molecular formula is C15H19N3O. The maximum Gasteiger partial charge on any atom is 0.119 e. The topological polar surface area (TPSA) is 39.1 Å². The molecule has 0 radical (unpaired) electrons. The van der Waals surface area contributed by atoms with Gasteiger partial charge in [-0.25, -0.2) is 4.98 Å². The standard InChI is InChI=1S/C15H19N3O/c1-2-9-19-13-5-3-12(4-6-13)18-11-17-14-10-16-8-7-15(14)18/h3-6,11,16H,2,7-10H2,1H3. The van der Waals surface area contributed by atoms with Crippen molar-refractivity contribution in [2.45, 2.75) is 26.3 Å². The van der Waals surface area contributed by atoms with Crippen LogP contribution in [0, 0.1) is 0 Å².